The summed E-state index contributed by atoms with van der Waals surface area (Å²) >= 11 is 0. The molecule has 0 saturated heterocycles. The fraction of sp³-hybridized carbons (Fsp3) is 0.308. The normalized spacial score (nSPS) is 10.6. The number of para-hydroxylation sites is 1. The van der Waals surface area contributed by atoms with Gasteiger partial charge in [0.25, 0.3) is 0 Å². The SMILES string of the molecule is CCCC/C=C/Oc1ccccc1C(=O)[O-]. The highest BCUT2D eigenvalue weighted by Crippen LogP contribution is 2.17. The van der Waals surface area contributed by atoms with E-state index in [0.29, 0.717) is 5.75 Å². The molecule has 0 aliphatic heterocycles. The largest absolute Gasteiger partial charge is 0.545 e. The van der Waals surface area contributed by atoms with Crippen LogP contribution in [0.3, 0.4) is 0 Å². The van der Waals surface area contributed by atoms with Crippen molar-refractivity contribution in [3.8, 4) is 5.75 Å². The first-order valence-electron chi connectivity index (χ1n) is 5.37. The molecule has 1 aromatic carbocycles. The van der Waals surface area contributed by atoms with Crippen LogP contribution >= 0.6 is 0 Å². The Balaban J connectivity index is 2.59. The van der Waals surface area contributed by atoms with Gasteiger partial charge in [0, 0.05) is 5.56 Å². The van der Waals surface area contributed by atoms with E-state index in [9.17, 15) is 9.90 Å². The van der Waals surface area contributed by atoms with Crippen molar-refractivity contribution in [2.75, 3.05) is 0 Å². The van der Waals surface area contributed by atoms with Gasteiger partial charge in [-0.15, -0.1) is 0 Å². The second-order valence-corrected chi connectivity index (χ2v) is 3.42. The zero-order valence-electron chi connectivity index (χ0n) is 9.31. The Morgan fingerprint density at radius 2 is 2.19 bits per heavy atom. The third-order valence-electron chi connectivity index (χ3n) is 2.12. The first-order chi connectivity index (χ1) is 7.75. The van der Waals surface area contributed by atoms with Gasteiger partial charge in [-0.1, -0.05) is 25.5 Å². The molecule has 0 N–H and O–H groups in total. The van der Waals surface area contributed by atoms with Gasteiger partial charge in [-0.25, -0.2) is 0 Å². The van der Waals surface area contributed by atoms with E-state index in [2.05, 4.69) is 6.92 Å². The Bertz CT molecular complexity index is 369. The van der Waals surface area contributed by atoms with E-state index >= 15 is 0 Å². The van der Waals surface area contributed by atoms with Crippen molar-refractivity contribution in [2.45, 2.75) is 26.2 Å². The summed E-state index contributed by atoms with van der Waals surface area (Å²) < 4.78 is 5.24. The summed E-state index contributed by atoms with van der Waals surface area (Å²) in [7, 11) is 0. The maximum absolute atomic E-state index is 10.7. The molecule has 0 spiro atoms. The quantitative estimate of drug-likeness (QED) is 0.544. The lowest BCUT2D eigenvalue weighted by atomic mass is 10.2. The molecule has 0 saturated carbocycles. The van der Waals surface area contributed by atoms with Gasteiger partial charge in [0.1, 0.15) is 5.75 Å². The topological polar surface area (TPSA) is 49.4 Å². The zero-order valence-corrected chi connectivity index (χ0v) is 9.31. The van der Waals surface area contributed by atoms with Gasteiger partial charge in [-0.05, 0) is 31.1 Å². The molecule has 86 valence electrons. The minimum atomic E-state index is -1.22. The van der Waals surface area contributed by atoms with E-state index in [1.807, 2.05) is 6.08 Å². The van der Waals surface area contributed by atoms with Crippen LogP contribution in [0, 0.1) is 0 Å². The molecule has 1 rings (SSSR count). The number of hydrogen-bond acceptors (Lipinski definition) is 3. The number of ether oxygens (including phenoxy) is 1. The number of carboxylic acids is 1. The maximum atomic E-state index is 10.7. The number of carbonyl (C=O) groups excluding carboxylic acids is 1. The third kappa shape index (κ3) is 3.77. The Morgan fingerprint density at radius 1 is 1.44 bits per heavy atom. The van der Waals surface area contributed by atoms with Crippen molar-refractivity contribution in [1.82, 2.24) is 0 Å². The Morgan fingerprint density at radius 3 is 2.88 bits per heavy atom. The summed E-state index contributed by atoms with van der Waals surface area (Å²) in [6.45, 7) is 2.11. The molecular formula is C13H15O3-. The molecule has 0 aromatic heterocycles. The van der Waals surface area contributed by atoms with Crippen LogP contribution in [0.15, 0.2) is 36.6 Å². The molecule has 0 unspecified atom stereocenters. The maximum Gasteiger partial charge on any atom is 0.135 e. The van der Waals surface area contributed by atoms with Crippen LogP contribution in [0.4, 0.5) is 0 Å². The minimum absolute atomic E-state index is 0.0719. The summed E-state index contributed by atoms with van der Waals surface area (Å²) in [5, 5.41) is 10.7. The van der Waals surface area contributed by atoms with Crippen LogP contribution in [0.5, 0.6) is 5.75 Å². The standard InChI is InChI=1S/C13H16O3/c1-2-3-4-7-10-16-12-9-6-5-8-11(12)13(14)15/h5-10H,2-4H2,1H3,(H,14,15)/p-1/b10-7+. The van der Waals surface area contributed by atoms with Crippen LogP contribution in [-0.2, 0) is 0 Å². The average molecular weight is 219 g/mol. The van der Waals surface area contributed by atoms with E-state index in [1.54, 1.807) is 18.2 Å². The fourth-order valence-corrected chi connectivity index (χ4v) is 1.25. The number of aromatic carboxylic acids is 1. The van der Waals surface area contributed by atoms with Gasteiger partial charge in [0.2, 0.25) is 0 Å². The molecule has 1 aromatic rings. The molecule has 0 heterocycles. The number of unbranched alkanes of at least 4 members (excludes halogenated alkanes) is 2. The van der Waals surface area contributed by atoms with Gasteiger partial charge >= 0.3 is 0 Å². The van der Waals surface area contributed by atoms with Gasteiger partial charge in [-0.3, -0.25) is 0 Å². The lowest BCUT2D eigenvalue weighted by Crippen LogP contribution is -2.22. The van der Waals surface area contributed by atoms with Crippen molar-refractivity contribution in [3.63, 3.8) is 0 Å². The smallest absolute Gasteiger partial charge is 0.135 e. The highest BCUT2D eigenvalue weighted by Gasteiger charge is 2.01. The average Bonchev–Trinajstić information content (AvgIpc) is 2.29. The fourth-order valence-electron chi connectivity index (χ4n) is 1.25. The van der Waals surface area contributed by atoms with E-state index in [1.165, 1.54) is 12.3 Å². The number of rotatable bonds is 6. The first-order valence-corrected chi connectivity index (χ1v) is 5.37. The molecule has 3 heteroatoms. The molecule has 0 aliphatic rings. The number of benzene rings is 1. The molecule has 0 atom stereocenters. The van der Waals surface area contributed by atoms with E-state index < -0.39 is 5.97 Å². The van der Waals surface area contributed by atoms with Crippen molar-refractivity contribution in [1.29, 1.82) is 0 Å². The molecule has 0 bridgehead atoms. The highest BCUT2D eigenvalue weighted by molar-refractivity contribution is 5.89. The highest BCUT2D eigenvalue weighted by atomic mass is 16.5. The predicted molar refractivity (Wildman–Crippen MR) is 60.1 cm³/mol. The van der Waals surface area contributed by atoms with E-state index in [0.717, 1.165) is 19.3 Å². The predicted octanol–water partition coefficient (Wildman–Crippen LogP) is 2.13. The molecule has 0 aliphatic carbocycles. The number of carboxylic acid groups (broad SMARTS) is 1. The van der Waals surface area contributed by atoms with Crippen LogP contribution in [0.25, 0.3) is 0 Å². The van der Waals surface area contributed by atoms with Gasteiger partial charge in [0.15, 0.2) is 0 Å². The molecule has 3 nitrogen and oxygen atoms in total. The lowest BCUT2D eigenvalue weighted by Gasteiger charge is -2.08. The monoisotopic (exact) mass is 219 g/mol. The summed E-state index contributed by atoms with van der Waals surface area (Å²) in [6.07, 6.45) is 6.57. The van der Waals surface area contributed by atoms with Crippen LogP contribution < -0.4 is 9.84 Å². The summed E-state index contributed by atoms with van der Waals surface area (Å²) in [5.41, 5.74) is 0.0719. The molecular weight excluding hydrogens is 204 g/mol. The van der Waals surface area contributed by atoms with Crippen LogP contribution in [0.2, 0.25) is 0 Å². The minimum Gasteiger partial charge on any atom is -0.545 e. The second-order valence-electron chi connectivity index (χ2n) is 3.42. The number of hydrogen-bond donors (Lipinski definition) is 0. The van der Waals surface area contributed by atoms with Crippen molar-refractivity contribution in [3.05, 3.63) is 42.2 Å². The van der Waals surface area contributed by atoms with Crippen molar-refractivity contribution >= 4 is 5.97 Å². The molecule has 0 fully saturated rings. The molecule has 0 radical (unpaired) electrons. The molecule has 16 heavy (non-hydrogen) atoms. The Labute approximate surface area is 95.4 Å². The third-order valence-corrected chi connectivity index (χ3v) is 2.12. The van der Waals surface area contributed by atoms with Crippen molar-refractivity contribution < 1.29 is 14.6 Å². The van der Waals surface area contributed by atoms with E-state index in [-0.39, 0.29) is 5.56 Å². The summed E-state index contributed by atoms with van der Waals surface area (Å²) in [5.74, 6) is -0.909. The van der Waals surface area contributed by atoms with Crippen molar-refractivity contribution in [2.24, 2.45) is 0 Å². The lowest BCUT2D eigenvalue weighted by molar-refractivity contribution is -0.255. The number of allylic oxidation sites excluding steroid dienone is 1. The van der Waals surface area contributed by atoms with Crippen LogP contribution in [0.1, 0.15) is 36.5 Å². The van der Waals surface area contributed by atoms with Gasteiger partial charge in [-0.2, -0.15) is 0 Å². The summed E-state index contributed by atoms with van der Waals surface area (Å²) in [4.78, 5) is 10.7. The Kier molecular flexibility index (Phi) is 5.12. The summed E-state index contributed by atoms with van der Waals surface area (Å²) in [6, 6.07) is 6.43. The Hall–Kier alpha value is -1.77. The first kappa shape index (κ1) is 12.3. The van der Waals surface area contributed by atoms with Gasteiger partial charge < -0.3 is 14.6 Å². The zero-order chi connectivity index (χ0) is 11.8. The van der Waals surface area contributed by atoms with Crippen LogP contribution in [-0.4, -0.2) is 5.97 Å². The van der Waals surface area contributed by atoms with E-state index in [4.69, 9.17) is 4.74 Å². The van der Waals surface area contributed by atoms with Gasteiger partial charge in [0.05, 0.1) is 12.2 Å². The number of carbonyl (C=O) groups is 1. The molecule has 0 amide bonds. The second kappa shape index (κ2) is 6.67.